The van der Waals surface area contributed by atoms with E-state index in [9.17, 15) is 17.6 Å². The molecule has 1 amide bonds. The molecule has 0 bridgehead atoms. The second-order valence-electron chi connectivity index (χ2n) is 6.58. The molecule has 7 nitrogen and oxygen atoms in total. The summed E-state index contributed by atoms with van der Waals surface area (Å²) in [5, 5.41) is 2.60. The number of hydrogen-bond acceptors (Lipinski definition) is 5. The SMILES string of the molecule is O=C(Nc1cccc(F)c1)C1CCCN1S(=O)(=O)c1ccc2c(c1)OCCO2. The summed E-state index contributed by atoms with van der Waals surface area (Å²) >= 11 is 0. The largest absolute Gasteiger partial charge is 0.486 e. The van der Waals surface area contributed by atoms with Crippen LogP contribution in [0.3, 0.4) is 0 Å². The summed E-state index contributed by atoms with van der Waals surface area (Å²) in [5.74, 6) is -0.103. The topological polar surface area (TPSA) is 84.9 Å². The molecule has 9 heteroatoms. The van der Waals surface area contributed by atoms with E-state index in [1.807, 2.05) is 0 Å². The van der Waals surface area contributed by atoms with E-state index in [0.29, 0.717) is 37.6 Å². The van der Waals surface area contributed by atoms with Crippen molar-refractivity contribution in [3.05, 3.63) is 48.3 Å². The number of amides is 1. The highest BCUT2D eigenvalue weighted by Gasteiger charge is 2.39. The van der Waals surface area contributed by atoms with Gasteiger partial charge >= 0.3 is 0 Å². The molecule has 1 atom stereocenters. The Morgan fingerprint density at radius 3 is 2.68 bits per heavy atom. The Labute approximate surface area is 162 Å². The Hall–Kier alpha value is -2.65. The minimum atomic E-state index is -3.90. The van der Waals surface area contributed by atoms with Crippen LogP contribution in [0.15, 0.2) is 47.4 Å². The number of halogens is 1. The van der Waals surface area contributed by atoms with Crippen LogP contribution in [0.25, 0.3) is 0 Å². The fraction of sp³-hybridized carbons (Fsp3) is 0.316. The van der Waals surface area contributed by atoms with Crippen molar-refractivity contribution in [2.24, 2.45) is 0 Å². The molecule has 1 N–H and O–H groups in total. The fourth-order valence-corrected chi connectivity index (χ4v) is 5.07. The number of hydrogen-bond donors (Lipinski definition) is 1. The van der Waals surface area contributed by atoms with Crippen LogP contribution in [-0.4, -0.2) is 44.4 Å². The van der Waals surface area contributed by atoms with Crippen molar-refractivity contribution in [2.45, 2.75) is 23.8 Å². The monoisotopic (exact) mass is 406 g/mol. The van der Waals surface area contributed by atoms with Gasteiger partial charge < -0.3 is 14.8 Å². The first-order valence-electron chi connectivity index (χ1n) is 8.93. The van der Waals surface area contributed by atoms with Crippen LogP contribution >= 0.6 is 0 Å². The van der Waals surface area contributed by atoms with Crippen LogP contribution in [0, 0.1) is 5.82 Å². The molecule has 4 rings (SSSR count). The van der Waals surface area contributed by atoms with Gasteiger partial charge in [-0.2, -0.15) is 4.31 Å². The lowest BCUT2D eigenvalue weighted by molar-refractivity contribution is -0.119. The average molecular weight is 406 g/mol. The molecule has 0 aromatic heterocycles. The van der Waals surface area contributed by atoms with Gasteiger partial charge in [0.15, 0.2) is 11.5 Å². The minimum absolute atomic E-state index is 0.0437. The van der Waals surface area contributed by atoms with Crippen LogP contribution in [0.5, 0.6) is 11.5 Å². The Kier molecular flexibility index (Phi) is 4.94. The Morgan fingerprint density at radius 1 is 1.11 bits per heavy atom. The van der Waals surface area contributed by atoms with Gasteiger partial charge in [-0.3, -0.25) is 4.79 Å². The standard InChI is InChI=1S/C19H19FN2O5S/c20-13-3-1-4-14(11-13)21-19(23)16-5-2-8-22(16)28(24,25)15-6-7-17-18(12-15)27-10-9-26-17/h1,3-4,6-7,11-12,16H,2,5,8-10H2,(H,21,23). The summed E-state index contributed by atoms with van der Waals surface area (Å²) in [4.78, 5) is 12.7. The fourth-order valence-electron chi connectivity index (χ4n) is 3.40. The number of anilines is 1. The van der Waals surface area contributed by atoms with Crippen LogP contribution in [0.2, 0.25) is 0 Å². The van der Waals surface area contributed by atoms with E-state index < -0.39 is 27.8 Å². The lowest BCUT2D eigenvalue weighted by atomic mass is 10.2. The Morgan fingerprint density at radius 2 is 1.89 bits per heavy atom. The number of carbonyl (C=O) groups is 1. The smallest absolute Gasteiger partial charge is 0.243 e. The lowest BCUT2D eigenvalue weighted by Crippen LogP contribution is -2.43. The molecule has 2 aromatic rings. The zero-order valence-corrected chi connectivity index (χ0v) is 15.7. The molecule has 148 valence electrons. The molecule has 2 aliphatic rings. The highest BCUT2D eigenvalue weighted by atomic mass is 32.2. The van der Waals surface area contributed by atoms with E-state index >= 15 is 0 Å². The van der Waals surface area contributed by atoms with Crippen LogP contribution in [-0.2, 0) is 14.8 Å². The molecule has 1 unspecified atom stereocenters. The van der Waals surface area contributed by atoms with Crippen LogP contribution in [0.1, 0.15) is 12.8 Å². The van der Waals surface area contributed by atoms with Gasteiger partial charge in [0.25, 0.3) is 0 Å². The number of fused-ring (bicyclic) bond motifs is 1. The van der Waals surface area contributed by atoms with E-state index in [2.05, 4.69) is 5.32 Å². The highest BCUT2D eigenvalue weighted by molar-refractivity contribution is 7.89. The summed E-state index contributed by atoms with van der Waals surface area (Å²) < 4.78 is 51.7. The summed E-state index contributed by atoms with van der Waals surface area (Å²) in [6.45, 7) is 0.991. The summed E-state index contributed by atoms with van der Waals surface area (Å²) in [6.07, 6.45) is 0.954. The zero-order chi connectivity index (χ0) is 19.7. The first kappa shape index (κ1) is 18.7. The average Bonchev–Trinajstić information content (AvgIpc) is 3.18. The molecule has 0 aliphatic carbocycles. The summed E-state index contributed by atoms with van der Waals surface area (Å²) in [7, 11) is -3.90. The van der Waals surface area contributed by atoms with Gasteiger partial charge in [-0.25, -0.2) is 12.8 Å². The van der Waals surface area contributed by atoms with E-state index in [4.69, 9.17) is 9.47 Å². The Balaban J connectivity index is 1.57. The van der Waals surface area contributed by atoms with Gasteiger partial charge in [-0.15, -0.1) is 0 Å². The summed E-state index contributed by atoms with van der Waals surface area (Å²) in [6, 6.07) is 9.04. The van der Waals surface area contributed by atoms with Crippen LogP contribution < -0.4 is 14.8 Å². The molecule has 2 heterocycles. The molecule has 1 saturated heterocycles. The second-order valence-corrected chi connectivity index (χ2v) is 8.47. The molecule has 0 saturated carbocycles. The third-order valence-corrected chi connectivity index (χ3v) is 6.62. The molecular weight excluding hydrogens is 387 g/mol. The number of ether oxygens (including phenoxy) is 2. The third kappa shape index (κ3) is 3.55. The van der Waals surface area contributed by atoms with E-state index in [0.717, 1.165) is 0 Å². The highest BCUT2D eigenvalue weighted by Crippen LogP contribution is 2.35. The molecule has 2 aliphatic heterocycles. The van der Waals surface area contributed by atoms with Crippen molar-refractivity contribution in [3.63, 3.8) is 0 Å². The zero-order valence-electron chi connectivity index (χ0n) is 14.9. The lowest BCUT2D eigenvalue weighted by Gasteiger charge is -2.24. The van der Waals surface area contributed by atoms with Crippen molar-refractivity contribution in [3.8, 4) is 11.5 Å². The van der Waals surface area contributed by atoms with Crippen molar-refractivity contribution in [2.75, 3.05) is 25.1 Å². The maximum atomic E-state index is 13.3. The van der Waals surface area contributed by atoms with E-state index in [1.54, 1.807) is 12.1 Å². The molecule has 1 fully saturated rings. The number of benzene rings is 2. The quantitative estimate of drug-likeness (QED) is 0.843. The predicted molar refractivity (Wildman–Crippen MR) is 99.4 cm³/mol. The number of rotatable bonds is 4. The van der Waals surface area contributed by atoms with Crippen molar-refractivity contribution in [1.82, 2.24) is 4.31 Å². The van der Waals surface area contributed by atoms with Gasteiger partial charge in [0.05, 0.1) is 4.90 Å². The van der Waals surface area contributed by atoms with E-state index in [1.165, 1.54) is 34.6 Å². The molecule has 2 aromatic carbocycles. The van der Waals surface area contributed by atoms with Crippen molar-refractivity contribution >= 4 is 21.6 Å². The van der Waals surface area contributed by atoms with Crippen molar-refractivity contribution < 1.29 is 27.1 Å². The maximum absolute atomic E-state index is 13.3. The van der Waals surface area contributed by atoms with Gasteiger partial charge in [-0.1, -0.05) is 6.07 Å². The third-order valence-electron chi connectivity index (χ3n) is 4.72. The molecule has 0 radical (unpaired) electrons. The maximum Gasteiger partial charge on any atom is 0.243 e. The number of nitrogens with zero attached hydrogens (tertiary/aromatic N) is 1. The van der Waals surface area contributed by atoms with Gasteiger partial charge in [0.2, 0.25) is 15.9 Å². The normalized spacial score (nSPS) is 19.4. The number of nitrogens with one attached hydrogen (secondary N) is 1. The van der Waals surface area contributed by atoms with Gasteiger partial charge in [0.1, 0.15) is 25.1 Å². The van der Waals surface area contributed by atoms with Crippen molar-refractivity contribution in [1.29, 1.82) is 0 Å². The molecule has 28 heavy (non-hydrogen) atoms. The molecular formula is C19H19FN2O5S. The minimum Gasteiger partial charge on any atom is -0.486 e. The second kappa shape index (κ2) is 7.40. The number of carbonyl (C=O) groups excluding carboxylic acids is 1. The van der Waals surface area contributed by atoms with Gasteiger partial charge in [0, 0.05) is 18.3 Å². The molecule has 0 spiro atoms. The summed E-state index contributed by atoms with van der Waals surface area (Å²) in [5.41, 5.74) is 0.286. The number of sulfonamides is 1. The Bertz CT molecular complexity index is 1010. The predicted octanol–water partition coefficient (Wildman–Crippen LogP) is 2.39. The first-order valence-corrected chi connectivity index (χ1v) is 10.4. The first-order chi connectivity index (χ1) is 13.4. The van der Waals surface area contributed by atoms with Gasteiger partial charge in [-0.05, 0) is 43.2 Å². The van der Waals surface area contributed by atoms with E-state index in [-0.39, 0.29) is 17.1 Å². The van der Waals surface area contributed by atoms with Crippen LogP contribution in [0.4, 0.5) is 10.1 Å².